The van der Waals surface area contributed by atoms with E-state index < -0.39 is 23.3 Å². The van der Waals surface area contributed by atoms with Crippen LogP contribution in [-0.2, 0) is 23.9 Å². The molecule has 5 atom stereocenters. The van der Waals surface area contributed by atoms with Crippen molar-refractivity contribution in [2.24, 2.45) is 44.6 Å². The van der Waals surface area contributed by atoms with E-state index in [1.54, 1.807) is 19.1 Å². The summed E-state index contributed by atoms with van der Waals surface area (Å²) in [4.78, 5) is 56.4. The molecular weight excluding hydrogens is 829 g/mol. The molecule has 11 heteroatoms. The quantitative estimate of drug-likeness (QED) is 0.0471. The number of nitrogens with one attached hydrogen (secondary N) is 1. The van der Waals surface area contributed by atoms with Crippen molar-refractivity contribution in [2.45, 2.75) is 145 Å². The van der Waals surface area contributed by atoms with Crippen LogP contribution in [-0.4, -0.2) is 64.4 Å². The number of hydrogen-bond donors (Lipinski definition) is 3. The van der Waals surface area contributed by atoms with Gasteiger partial charge in [0.1, 0.15) is 6.61 Å². The van der Waals surface area contributed by atoms with Gasteiger partial charge in [0, 0.05) is 46.4 Å². The van der Waals surface area contributed by atoms with Gasteiger partial charge in [0.25, 0.3) is 5.60 Å². The largest absolute Gasteiger partial charge is 0.515 e. The van der Waals surface area contributed by atoms with Gasteiger partial charge < -0.3 is 25.0 Å². The molecule has 1 saturated carbocycles. The first-order valence-electron chi connectivity index (χ1n) is 24.2. The summed E-state index contributed by atoms with van der Waals surface area (Å²) < 4.78 is 10.9. The Hall–Kier alpha value is -5.42. The number of aliphatic hydroxyl groups is 2. The number of rotatable bonds is 20. The molecule has 0 radical (unpaired) electrons. The number of ether oxygens (including phenoxy) is 2. The molecule has 0 aromatic carbocycles. The van der Waals surface area contributed by atoms with E-state index >= 15 is 0 Å². The molecule has 8 bridgehead atoms. The lowest BCUT2D eigenvalue weighted by atomic mass is 9.83. The number of nitrogens with zero attached hydrogens (tertiary/aromatic N) is 3. The lowest BCUT2D eigenvalue weighted by Crippen LogP contribution is -2.47. The van der Waals surface area contributed by atoms with Crippen LogP contribution in [0.5, 0.6) is 0 Å². The van der Waals surface area contributed by atoms with Crippen molar-refractivity contribution >= 4 is 34.9 Å². The van der Waals surface area contributed by atoms with Crippen molar-refractivity contribution in [3.63, 3.8) is 0 Å². The second-order valence-corrected chi connectivity index (χ2v) is 19.6. The number of esters is 2. The van der Waals surface area contributed by atoms with Crippen LogP contribution in [0.15, 0.2) is 131 Å². The molecule has 0 aromatic rings. The molecule has 6 aliphatic rings. The molecular formula is C55H72N4O7. The molecule has 1 saturated heterocycles. The average Bonchev–Trinajstić information content (AvgIpc) is 4.01. The molecule has 1 aliphatic carbocycles. The molecule has 354 valence electrons. The Labute approximate surface area is 392 Å². The van der Waals surface area contributed by atoms with Crippen LogP contribution < -0.4 is 5.32 Å². The Balaban J connectivity index is 1.24. The zero-order valence-corrected chi connectivity index (χ0v) is 41.0. The second kappa shape index (κ2) is 21.5. The van der Waals surface area contributed by atoms with Gasteiger partial charge in [-0.25, -0.2) is 19.8 Å². The molecule has 5 heterocycles. The number of carbonyl (C=O) groups excluding carboxylic acids is 3. The topological polar surface area (TPSA) is 159 Å². The highest BCUT2D eigenvalue weighted by molar-refractivity contribution is 6.46. The van der Waals surface area contributed by atoms with Gasteiger partial charge in [0.05, 0.1) is 53.2 Å². The lowest BCUT2D eigenvalue weighted by Gasteiger charge is -2.24. The summed E-state index contributed by atoms with van der Waals surface area (Å²) >= 11 is 0. The zero-order valence-electron chi connectivity index (χ0n) is 41.0. The smallest absolute Gasteiger partial charge is 0.351 e. The minimum Gasteiger partial charge on any atom is -0.515 e. The number of methoxy groups -OCH3 is 1. The minimum atomic E-state index is -2.70. The van der Waals surface area contributed by atoms with Crippen molar-refractivity contribution in [1.82, 2.24) is 5.32 Å². The third-order valence-corrected chi connectivity index (χ3v) is 14.3. The second-order valence-electron chi connectivity index (χ2n) is 19.6. The van der Waals surface area contributed by atoms with Crippen molar-refractivity contribution < 1.29 is 34.1 Å². The fourth-order valence-electron chi connectivity index (χ4n) is 10.2. The number of allylic oxidation sites excluding steroid dienone is 11. The van der Waals surface area contributed by atoms with Gasteiger partial charge in [-0.05, 0) is 105 Å². The number of carbonyl (C=O) groups is 3. The van der Waals surface area contributed by atoms with Gasteiger partial charge in [0.2, 0.25) is 5.78 Å². The van der Waals surface area contributed by atoms with Crippen LogP contribution in [0.4, 0.5) is 0 Å². The van der Waals surface area contributed by atoms with E-state index in [1.807, 2.05) is 39.0 Å². The molecule has 66 heavy (non-hydrogen) atoms. The Kier molecular flexibility index (Phi) is 16.3. The third kappa shape index (κ3) is 10.3. The number of ketones is 1. The predicted octanol–water partition coefficient (Wildman–Crippen LogP) is 11.2. The molecule has 3 N–H and O–H groups in total. The Morgan fingerprint density at radius 3 is 2.24 bits per heavy atom. The molecule has 5 aliphatic heterocycles. The maximum absolute atomic E-state index is 14.5. The molecule has 0 amide bonds. The zero-order chi connectivity index (χ0) is 48.0. The van der Waals surface area contributed by atoms with Crippen LogP contribution in [0.3, 0.4) is 0 Å². The highest BCUT2D eigenvalue weighted by atomic mass is 16.5. The molecule has 0 unspecified atom stereocenters. The number of aliphatic imine (C=N–C) groups is 3. The van der Waals surface area contributed by atoms with E-state index in [9.17, 15) is 24.6 Å². The summed E-state index contributed by atoms with van der Waals surface area (Å²) in [6.07, 6.45) is 22.2. The van der Waals surface area contributed by atoms with Crippen LogP contribution >= 0.6 is 0 Å². The van der Waals surface area contributed by atoms with Gasteiger partial charge in [-0.3, -0.25) is 9.59 Å². The van der Waals surface area contributed by atoms with Crippen LogP contribution in [0.25, 0.3) is 0 Å². The van der Waals surface area contributed by atoms with Gasteiger partial charge >= 0.3 is 11.9 Å². The molecule has 0 spiro atoms. The lowest BCUT2D eigenvalue weighted by molar-refractivity contribution is -0.161. The number of aliphatic hydroxyl groups excluding tert-OH is 1. The fraction of sp³-hybridized carbons (Fsp3) is 0.527. The number of hydrogen-bond acceptors (Lipinski definition) is 11. The number of fused-ring (bicyclic) bond motifs is 5. The van der Waals surface area contributed by atoms with E-state index in [-0.39, 0.29) is 48.2 Å². The van der Waals surface area contributed by atoms with Crippen molar-refractivity contribution in [1.29, 1.82) is 0 Å². The average molecular weight is 901 g/mol. The van der Waals surface area contributed by atoms with Crippen LogP contribution in [0, 0.1) is 29.6 Å². The van der Waals surface area contributed by atoms with E-state index in [0.717, 1.165) is 54.8 Å². The molecule has 2 fully saturated rings. The van der Waals surface area contributed by atoms with Crippen molar-refractivity contribution in [2.75, 3.05) is 13.7 Å². The molecule has 0 aromatic heterocycles. The van der Waals surface area contributed by atoms with E-state index in [2.05, 4.69) is 46.5 Å². The van der Waals surface area contributed by atoms with Crippen molar-refractivity contribution in [3.8, 4) is 0 Å². The SMILES string of the molecule is C=CC1=C(C)C2=NC1=CC1=NC(=C(CC)/C1=C\O)C=C1N=C3C(=C1C)C(=O)[C@@](O)(C(=O)OC)C3=C1NC(=C2)[C@@H](C)[C@@H]1CCC(=O)OC/C=C(\C)CCC[C@H](C)CCC[C@H](C)CCCC(C)C. The number of Topliss-reactive ketones (excluding diaryl/α,β-unsaturated/α-hetero) is 1. The summed E-state index contributed by atoms with van der Waals surface area (Å²) in [6, 6.07) is 0. The Bertz CT molecular complexity index is 2410. The summed E-state index contributed by atoms with van der Waals surface area (Å²) in [6.45, 7) is 23.3. The standard InChI is InChI=1S/C55H72N4O7/c1-12-38-35(8)42-27-43-36(9)40(23-24-48(61)66-26-25-34(7)22-16-21-33(6)20-15-19-32(5)18-14-17-31(3)4)51(58-43)50-52-49(53(62)55(50,64)54(63)65-11)37(10)44(59-52)28-46-39(13-2)41(30-60)47(57-46)29-45(38)56-42/h12,25,27-33,36,40,58,60,64H,1,13-24,26H2,2-11H3/b34-25+,41-30+,43-27?,44-28?,45-29?,51-50?/t32-,33-,36+,40+,55-/m1/s1. The van der Waals surface area contributed by atoms with Gasteiger partial charge in [-0.2, -0.15) is 0 Å². The van der Waals surface area contributed by atoms with Crippen LogP contribution in [0.1, 0.15) is 139 Å². The van der Waals surface area contributed by atoms with E-state index in [4.69, 9.17) is 24.5 Å². The first-order valence-corrected chi connectivity index (χ1v) is 24.2. The van der Waals surface area contributed by atoms with Gasteiger partial charge in [-0.15, -0.1) is 0 Å². The van der Waals surface area contributed by atoms with Gasteiger partial charge in [-0.1, -0.05) is 105 Å². The summed E-state index contributed by atoms with van der Waals surface area (Å²) in [5.74, 6) is -0.837. The monoisotopic (exact) mass is 901 g/mol. The Morgan fingerprint density at radius 1 is 0.924 bits per heavy atom. The predicted molar refractivity (Wildman–Crippen MR) is 264 cm³/mol. The molecule has 11 nitrogen and oxygen atoms in total. The fourth-order valence-corrected chi connectivity index (χ4v) is 10.2. The summed E-state index contributed by atoms with van der Waals surface area (Å²) in [7, 11) is 1.13. The van der Waals surface area contributed by atoms with Crippen LogP contribution in [0.2, 0.25) is 0 Å². The highest BCUT2D eigenvalue weighted by Crippen LogP contribution is 2.49. The van der Waals surface area contributed by atoms with E-state index in [1.165, 1.54) is 50.5 Å². The van der Waals surface area contributed by atoms with E-state index in [0.29, 0.717) is 63.4 Å². The van der Waals surface area contributed by atoms with Gasteiger partial charge in [0.15, 0.2) is 0 Å². The van der Waals surface area contributed by atoms with Crippen molar-refractivity contribution in [3.05, 3.63) is 116 Å². The first-order chi connectivity index (χ1) is 31.5. The normalized spacial score (nSPS) is 24.2. The summed E-state index contributed by atoms with van der Waals surface area (Å²) in [5.41, 5.74) is 6.08. The molecule has 6 rings (SSSR count). The maximum Gasteiger partial charge on any atom is 0.351 e. The highest BCUT2D eigenvalue weighted by Gasteiger charge is 2.62. The Morgan fingerprint density at radius 2 is 1.61 bits per heavy atom. The maximum atomic E-state index is 14.5. The third-order valence-electron chi connectivity index (χ3n) is 14.3. The summed E-state index contributed by atoms with van der Waals surface area (Å²) in [5, 5.41) is 26.3. The first kappa shape index (κ1) is 50.0. The minimum absolute atomic E-state index is 0.00147.